The van der Waals surface area contributed by atoms with Crippen molar-refractivity contribution in [1.82, 2.24) is 10.2 Å². The summed E-state index contributed by atoms with van der Waals surface area (Å²) in [6.45, 7) is 0.351. The van der Waals surface area contributed by atoms with Crippen molar-refractivity contribution in [3.05, 3.63) is 95.8 Å². The normalized spacial score (nSPS) is 14.0. The highest BCUT2D eigenvalue weighted by Gasteiger charge is 2.32. The average molecular weight is 533 g/mol. The predicted molar refractivity (Wildman–Crippen MR) is 149 cm³/mol. The van der Waals surface area contributed by atoms with E-state index in [0.717, 1.165) is 37.0 Å². The molecule has 206 valence electrons. The molecule has 0 aromatic heterocycles. The third-order valence-electron chi connectivity index (χ3n) is 7.13. The molecule has 3 aromatic carbocycles. The first-order valence-corrected chi connectivity index (χ1v) is 13.7. The summed E-state index contributed by atoms with van der Waals surface area (Å²) in [4.78, 5) is 28.9. The molecule has 1 fully saturated rings. The zero-order chi connectivity index (χ0) is 27.5. The first-order valence-electron chi connectivity index (χ1n) is 13.7. The van der Waals surface area contributed by atoms with Crippen LogP contribution in [0.25, 0.3) is 0 Å². The van der Waals surface area contributed by atoms with Gasteiger partial charge >= 0.3 is 0 Å². The lowest BCUT2D eigenvalue weighted by atomic mass is 10.0. The number of halogens is 1. The Kier molecular flexibility index (Phi) is 10.3. The SMILES string of the molecule is COc1ccc(OCCCC(=O)N(Cc2ccccc2F)C(Cc2ccccc2)C(=O)NC2CCCC2)cc1. The average Bonchev–Trinajstić information content (AvgIpc) is 3.47. The maximum atomic E-state index is 14.7. The van der Waals surface area contributed by atoms with Gasteiger partial charge in [-0.1, -0.05) is 61.4 Å². The molecule has 2 amide bonds. The van der Waals surface area contributed by atoms with Crippen LogP contribution in [0.5, 0.6) is 11.5 Å². The van der Waals surface area contributed by atoms with E-state index in [1.54, 1.807) is 30.2 Å². The molecule has 7 heteroatoms. The molecule has 0 aliphatic heterocycles. The number of benzene rings is 3. The van der Waals surface area contributed by atoms with Crippen molar-refractivity contribution in [2.75, 3.05) is 13.7 Å². The number of hydrogen-bond acceptors (Lipinski definition) is 4. The number of nitrogens with zero attached hydrogens (tertiary/aromatic N) is 1. The number of amides is 2. The molecule has 0 saturated heterocycles. The lowest BCUT2D eigenvalue weighted by molar-refractivity contribution is -0.141. The second-order valence-corrected chi connectivity index (χ2v) is 9.94. The van der Waals surface area contributed by atoms with Crippen LogP contribution in [0.15, 0.2) is 78.9 Å². The molecule has 1 aliphatic carbocycles. The van der Waals surface area contributed by atoms with Crippen molar-refractivity contribution in [2.24, 2.45) is 0 Å². The van der Waals surface area contributed by atoms with Gasteiger partial charge in [0.15, 0.2) is 0 Å². The minimum absolute atomic E-state index is 0.0143. The summed E-state index contributed by atoms with van der Waals surface area (Å²) in [7, 11) is 1.60. The van der Waals surface area contributed by atoms with Gasteiger partial charge in [0.1, 0.15) is 23.4 Å². The fraction of sp³-hybridized carbons (Fsp3) is 0.375. The van der Waals surface area contributed by atoms with Crippen molar-refractivity contribution in [3.8, 4) is 11.5 Å². The lowest BCUT2D eigenvalue weighted by Gasteiger charge is -2.32. The van der Waals surface area contributed by atoms with Crippen LogP contribution >= 0.6 is 0 Å². The van der Waals surface area contributed by atoms with Crippen LogP contribution in [0, 0.1) is 5.82 Å². The van der Waals surface area contributed by atoms with E-state index in [-0.39, 0.29) is 30.8 Å². The van der Waals surface area contributed by atoms with Crippen molar-refractivity contribution >= 4 is 11.8 Å². The van der Waals surface area contributed by atoms with Crippen LogP contribution in [-0.4, -0.2) is 42.5 Å². The van der Waals surface area contributed by atoms with E-state index in [1.807, 2.05) is 54.6 Å². The van der Waals surface area contributed by atoms with Crippen molar-refractivity contribution < 1.29 is 23.5 Å². The number of hydrogen-bond donors (Lipinski definition) is 1. The number of carbonyl (C=O) groups is 2. The van der Waals surface area contributed by atoms with Crippen LogP contribution < -0.4 is 14.8 Å². The molecule has 0 radical (unpaired) electrons. The number of ether oxygens (including phenoxy) is 2. The number of nitrogens with one attached hydrogen (secondary N) is 1. The van der Waals surface area contributed by atoms with Crippen LogP contribution in [0.1, 0.15) is 49.7 Å². The highest BCUT2D eigenvalue weighted by atomic mass is 19.1. The summed E-state index contributed by atoms with van der Waals surface area (Å²) in [5.74, 6) is 0.628. The van der Waals surface area contributed by atoms with Gasteiger partial charge in [-0.15, -0.1) is 0 Å². The topological polar surface area (TPSA) is 67.9 Å². The van der Waals surface area contributed by atoms with Gasteiger partial charge in [0, 0.05) is 31.0 Å². The molecule has 4 rings (SSSR count). The molecule has 1 atom stereocenters. The Morgan fingerprint density at radius 2 is 1.62 bits per heavy atom. The van der Waals surface area contributed by atoms with Gasteiger partial charge < -0.3 is 19.7 Å². The summed E-state index contributed by atoms with van der Waals surface area (Å²) in [5, 5.41) is 3.17. The van der Waals surface area contributed by atoms with Gasteiger partial charge in [0.25, 0.3) is 0 Å². The summed E-state index contributed by atoms with van der Waals surface area (Å²) in [6, 6.07) is 22.7. The Bertz CT molecular complexity index is 1200. The molecule has 3 aromatic rings. The van der Waals surface area contributed by atoms with E-state index in [1.165, 1.54) is 6.07 Å². The minimum Gasteiger partial charge on any atom is -0.497 e. The summed E-state index contributed by atoms with van der Waals surface area (Å²) >= 11 is 0. The largest absolute Gasteiger partial charge is 0.497 e. The maximum absolute atomic E-state index is 14.7. The third-order valence-corrected chi connectivity index (χ3v) is 7.13. The summed E-state index contributed by atoms with van der Waals surface area (Å²) < 4.78 is 25.7. The van der Waals surface area contributed by atoms with Crippen LogP contribution in [-0.2, 0) is 22.6 Å². The van der Waals surface area contributed by atoms with Crippen molar-refractivity contribution in [3.63, 3.8) is 0 Å². The Morgan fingerprint density at radius 1 is 0.949 bits per heavy atom. The number of methoxy groups -OCH3 is 1. The van der Waals surface area contributed by atoms with E-state index in [9.17, 15) is 14.0 Å². The van der Waals surface area contributed by atoms with Gasteiger partial charge in [0.05, 0.1) is 13.7 Å². The Balaban J connectivity index is 1.50. The number of rotatable bonds is 13. The van der Waals surface area contributed by atoms with E-state index in [0.29, 0.717) is 30.8 Å². The maximum Gasteiger partial charge on any atom is 0.243 e. The molecule has 1 N–H and O–H groups in total. The highest BCUT2D eigenvalue weighted by Crippen LogP contribution is 2.22. The Morgan fingerprint density at radius 3 is 2.31 bits per heavy atom. The van der Waals surface area contributed by atoms with E-state index in [2.05, 4.69) is 5.32 Å². The van der Waals surface area contributed by atoms with Gasteiger partial charge in [-0.05, 0) is 55.2 Å². The Hall–Kier alpha value is -3.87. The van der Waals surface area contributed by atoms with Crippen LogP contribution in [0.2, 0.25) is 0 Å². The number of carbonyl (C=O) groups excluding carboxylic acids is 2. The predicted octanol–water partition coefficient (Wildman–Crippen LogP) is 5.69. The molecule has 1 saturated carbocycles. The fourth-order valence-electron chi connectivity index (χ4n) is 4.96. The molecule has 0 heterocycles. The third kappa shape index (κ3) is 8.31. The van der Waals surface area contributed by atoms with E-state index >= 15 is 0 Å². The Labute approximate surface area is 230 Å². The van der Waals surface area contributed by atoms with Crippen molar-refractivity contribution in [2.45, 2.75) is 63.6 Å². The lowest BCUT2D eigenvalue weighted by Crippen LogP contribution is -2.52. The minimum atomic E-state index is -0.761. The van der Waals surface area contributed by atoms with Crippen molar-refractivity contribution in [1.29, 1.82) is 0 Å². The van der Waals surface area contributed by atoms with Crippen LogP contribution in [0.4, 0.5) is 4.39 Å². The second kappa shape index (κ2) is 14.3. The quantitative estimate of drug-likeness (QED) is 0.287. The van der Waals surface area contributed by atoms with E-state index < -0.39 is 11.9 Å². The van der Waals surface area contributed by atoms with Gasteiger partial charge in [-0.2, -0.15) is 0 Å². The van der Waals surface area contributed by atoms with Gasteiger partial charge in [-0.25, -0.2) is 4.39 Å². The second-order valence-electron chi connectivity index (χ2n) is 9.94. The highest BCUT2D eigenvalue weighted by molar-refractivity contribution is 5.88. The molecule has 39 heavy (non-hydrogen) atoms. The molecular formula is C32H37FN2O4. The zero-order valence-corrected chi connectivity index (χ0v) is 22.5. The monoisotopic (exact) mass is 532 g/mol. The summed E-state index contributed by atoms with van der Waals surface area (Å²) in [6.07, 6.45) is 5.03. The molecule has 1 aliphatic rings. The first kappa shape index (κ1) is 28.1. The molecule has 1 unspecified atom stereocenters. The standard InChI is InChI=1S/C32H37FN2O4/c1-38-27-17-19-28(20-18-27)39-21-9-16-31(36)35(23-25-12-5-8-15-29(25)33)30(22-24-10-3-2-4-11-24)32(37)34-26-13-6-7-14-26/h2-5,8,10-12,15,17-20,26,30H,6-7,9,13-14,16,21-23H2,1H3,(H,34,37). The van der Waals surface area contributed by atoms with E-state index in [4.69, 9.17) is 9.47 Å². The molecule has 0 spiro atoms. The molecule has 6 nitrogen and oxygen atoms in total. The summed E-state index contributed by atoms with van der Waals surface area (Å²) in [5.41, 5.74) is 1.32. The zero-order valence-electron chi connectivity index (χ0n) is 22.5. The smallest absolute Gasteiger partial charge is 0.243 e. The molecule has 0 bridgehead atoms. The first-order chi connectivity index (χ1) is 19.0. The van der Waals surface area contributed by atoms with Gasteiger partial charge in [-0.3, -0.25) is 9.59 Å². The van der Waals surface area contributed by atoms with Gasteiger partial charge in [0.2, 0.25) is 11.8 Å². The fourth-order valence-corrected chi connectivity index (χ4v) is 4.96. The van der Waals surface area contributed by atoms with Crippen LogP contribution in [0.3, 0.4) is 0 Å². The molecular weight excluding hydrogens is 495 g/mol.